The van der Waals surface area contributed by atoms with E-state index in [4.69, 9.17) is 9.47 Å². The van der Waals surface area contributed by atoms with E-state index in [0.717, 1.165) is 37.1 Å². The summed E-state index contributed by atoms with van der Waals surface area (Å²) in [5.41, 5.74) is 1.45. The van der Waals surface area contributed by atoms with Crippen LogP contribution in [0.4, 0.5) is 0 Å². The van der Waals surface area contributed by atoms with Gasteiger partial charge in [-0.1, -0.05) is 51.4 Å². The normalized spacial score (nSPS) is 11.5. The molecule has 0 saturated carbocycles. The Morgan fingerprint density at radius 2 is 0.941 bits per heavy atom. The Morgan fingerprint density at radius 1 is 0.588 bits per heavy atom. The minimum atomic E-state index is 0.199. The molecule has 0 heterocycles. The van der Waals surface area contributed by atoms with Crippen LogP contribution in [0.1, 0.15) is 75.3 Å². The van der Waals surface area contributed by atoms with Crippen LogP contribution >= 0.6 is 0 Å². The minimum absolute atomic E-state index is 0.199. The summed E-state index contributed by atoms with van der Waals surface area (Å²) in [5.74, 6) is 1.69. The molecule has 6 nitrogen and oxygen atoms in total. The Kier molecular flexibility index (Phi) is 13.3. The second-order valence-corrected chi connectivity index (χ2v) is 8.46. The molecule has 0 atom stereocenters. The third-order valence-electron chi connectivity index (χ3n) is 5.76. The molecule has 2 rings (SSSR count). The molecule has 34 heavy (non-hydrogen) atoms. The van der Waals surface area contributed by atoms with Gasteiger partial charge in [0.1, 0.15) is 23.0 Å². The fourth-order valence-corrected chi connectivity index (χ4v) is 3.67. The number of aliphatic imine (C=N–C) groups is 2. The summed E-state index contributed by atoms with van der Waals surface area (Å²) >= 11 is 0. The molecule has 0 radical (unpaired) electrons. The quantitative estimate of drug-likeness (QED) is 0.204. The van der Waals surface area contributed by atoms with Crippen molar-refractivity contribution in [3.63, 3.8) is 0 Å². The number of benzene rings is 2. The van der Waals surface area contributed by atoms with E-state index in [1.165, 1.54) is 51.4 Å². The van der Waals surface area contributed by atoms with Gasteiger partial charge in [0.05, 0.1) is 14.2 Å². The maximum Gasteiger partial charge on any atom is 0.128 e. The van der Waals surface area contributed by atoms with Gasteiger partial charge in [0.25, 0.3) is 0 Å². The third kappa shape index (κ3) is 10.7. The van der Waals surface area contributed by atoms with Gasteiger partial charge < -0.3 is 19.7 Å². The second-order valence-electron chi connectivity index (χ2n) is 8.46. The number of ether oxygens (including phenoxy) is 2. The summed E-state index contributed by atoms with van der Waals surface area (Å²) in [6, 6.07) is 10.5. The molecule has 2 N–H and O–H groups in total. The van der Waals surface area contributed by atoms with Crippen molar-refractivity contribution in [2.75, 3.05) is 27.3 Å². The van der Waals surface area contributed by atoms with Crippen LogP contribution in [0.25, 0.3) is 0 Å². The molecule has 0 aliphatic heterocycles. The number of phenols is 2. The first-order valence-electron chi connectivity index (χ1n) is 12.4. The lowest BCUT2D eigenvalue weighted by molar-refractivity contribution is 0.407. The lowest BCUT2D eigenvalue weighted by Gasteiger charge is -2.03. The van der Waals surface area contributed by atoms with Crippen LogP contribution < -0.4 is 9.47 Å². The van der Waals surface area contributed by atoms with E-state index in [9.17, 15) is 10.2 Å². The molecule has 0 aliphatic rings. The van der Waals surface area contributed by atoms with E-state index >= 15 is 0 Å². The van der Waals surface area contributed by atoms with Crippen molar-refractivity contribution in [3.05, 3.63) is 47.5 Å². The largest absolute Gasteiger partial charge is 0.507 e. The topological polar surface area (TPSA) is 83.6 Å². The SMILES string of the molecule is COc1ccc(C=NCCCCCCCCCCCCN=Cc2ccc(OC)cc2O)c(O)c1. The van der Waals surface area contributed by atoms with Gasteiger partial charge in [-0.05, 0) is 37.1 Å². The van der Waals surface area contributed by atoms with Crippen molar-refractivity contribution in [2.45, 2.75) is 64.2 Å². The first-order chi connectivity index (χ1) is 16.6. The molecule has 0 spiro atoms. The molecule has 0 aromatic heterocycles. The number of phenolic OH excluding ortho intramolecular Hbond substituents is 2. The summed E-state index contributed by atoms with van der Waals surface area (Å²) in [6.45, 7) is 1.60. The Morgan fingerprint density at radius 3 is 1.26 bits per heavy atom. The Hall–Kier alpha value is -3.02. The second kappa shape index (κ2) is 16.6. The van der Waals surface area contributed by atoms with Gasteiger partial charge in [-0.2, -0.15) is 0 Å². The lowest BCUT2D eigenvalue weighted by atomic mass is 10.1. The standard InChI is InChI=1S/C28H40N2O4/c1-33-25-15-13-23(27(31)19-25)21-29-17-11-9-7-5-3-4-6-8-10-12-18-30-22-24-14-16-26(34-2)20-28(24)32/h13-16,19-22,31-32H,3-12,17-18H2,1-2H3. The van der Waals surface area contributed by atoms with E-state index in [2.05, 4.69) is 9.98 Å². The molecule has 6 heteroatoms. The molecule has 0 fully saturated rings. The molecular formula is C28H40N2O4. The van der Waals surface area contributed by atoms with Crippen molar-refractivity contribution in [1.29, 1.82) is 0 Å². The van der Waals surface area contributed by atoms with Gasteiger partial charge in [0, 0.05) is 48.8 Å². The fourth-order valence-electron chi connectivity index (χ4n) is 3.67. The molecule has 0 aliphatic carbocycles. The first-order valence-corrected chi connectivity index (χ1v) is 12.4. The molecule has 0 unspecified atom stereocenters. The van der Waals surface area contributed by atoms with E-state index in [-0.39, 0.29) is 11.5 Å². The highest BCUT2D eigenvalue weighted by atomic mass is 16.5. The van der Waals surface area contributed by atoms with Gasteiger partial charge in [-0.3, -0.25) is 9.98 Å². The smallest absolute Gasteiger partial charge is 0.128 e. The Bertz CT molecular complexity index is 822. The molecule has 0 bridgehead atoms. The van der Waals surface area contributed by atoms with E-state index in [1.807, 2.05) is 24.3 Å². The monoisotopic (exact) mass is 468 g/mol. The summed E-state index contributed by atoms with van der Waals surface area (Å²) in [4.78, 5) is 8.84. The molecule has 0 saturated heterocycles. The van der Waals surface area contributed by atoms with Gasteiger partial charge in [-0.15, -0.1) is 0 Å². The van der Waals surface area contributed by atoms with Crippen molar-refractivity contribution in [2.24, 2.45) is 9.98 Å². The zero-order valence-corrected chi connectivity index (χ0v) is 20.7. The maximum atomic E-state index is 9.92. The van der Waals surface area contributed by atoms with Gasteiger partial charge in [-0.25, -0.2) is 0 Å². The van der Waals surface area contributed by atoms with Crippen LogP contribution in [-0.2, 0) is 0 Å². The number of rotatable bonds is 17. The van der Waals surface area contributed by atoms with Crippen LogP contribution in [0.3, 0.4) is 0 Å². The highest BCUT2D eigenvalue weighted by molar-refractivity contribution is 5.84. The number of hydrogen-bond donors (Lipinski definition) is 2. The van der Waals surface area contributed by atoms with Crippen molar-refractivity contribution >= 4 is 12.4 Å². The van der Waals surface area contributed by atoms with Crippen LogP contribution in [0.15, 0.2) is 46.4 Å². The minimum Gasteiger partial charge on any atom is -0.507 e. The highest BCUT2D eigenvalue weighted by Gasteiger charge is 2.01. The molecule has 2 aromatic carbocycles. The highest BCUT2D eigenvalue weighted by Crippen LogP contribution is 2.22. The maximum absolute atomic E-state index is 9.92. The predicted molar refractivity (Wildman–Crippen MR) is 140 cm³/mol. The lowest BCUT2D eigenvalue weighted by Crippen LogP contribution is -1.89. The Balaban J connectivity index is 1.40. The van der Waals surface area contributed by atoms with Crippen LogP contribution in [0.2, 0.25) is 0 Å². The average molecular weight is 469 g/mol. The predicted octanol–water partition coefficient (Wildman–Crippen LogP) is 6.55. The van der Waals surface area contributed by atoms with Crippen molar-refractivity contribution in [3.8, 4) is 23.0 Å². The summed E-state index contributed by atoms with van der Waals surface area (Å²) in [5, 5.41) is 19.8. The Labute approximate surface area is 204 Å². The number of nitrogens with zero attached hydrogens (tertiary/aromatic N) is 2. The molecule has 2 aromatic rings. The first kappa shape index (κ1) is 27.2. The summed E-state index contributed by atoms with van der Waals surface area (Å²) in [6.07, 6.45) is 15.8. The van der Waals surface area contributed by atoms with Crippen LogP contribution in [0, 0.1) is 0 Å². The van der Waals surface area contributed by atoms with Crippen LogP contribution in [0.5, 0.6) is 23.0 Å². The summed E-state index contributed by atoms with van der Waals surface area (Å²) in [7, 11) is 3.17. The number of aromatic hydroxyl groups is 2. The average Bonchev–Trinajstić information content (AvgIpc) is 2.85. The summed E-state index contributed by atoms with van der Waals surface area (Å²) < 4.78 is 10.2. The van der Waals surface area contributed by atoms with E-state index in [0.29, 0.717) is 11.5 Å². The molecule has 0 amide bonds. The third-order valence-corrected chi connectivity index (χ3v) is 5.76. The molecule has 186 valence electrons. The number of unbranched alkanes of at least 4 members (excludes halogenated alkanes) is 9. The number of hydrogen-bond acceptors (Lipinski definition) is 6. The number of methoxy groups -OCH3 is 2. The fraction of sp³-hybridized carbons (Fsp3) is 0.500. The van der Waals surface area contributed by atoms with E-state index in [1.54, 1.807) is 38.8 Å². The van der Waals surface area contributed by atoms with E-state index < -0.39 is 0 Å². The van der Waals surface area contributed by atoms with Gasteiger partial charge >= 0.3 is 0 Å². The molecular weight excluding hydrogens is 428 g/mol. The van der Waals surface area contributed by atoms with Gasteiger partial charge in [0.15, 0.2) is 0 Å². The zero-order chi connectivity index (χ0) is 24.4. The zero-order valence-electron chi connectivity index (χ0n) is 20.7. The van der Waals surface area contributed by atoms with Crippen molar-refractivity contribution in [1.82, 2.24) is 0 Å². The van der Waals surface area contributed by atoms with Crippen molar-refractivity contribution < 1.29 is 19.7 Å². The van der Waals surface area contributed by atoms with Gasteiger partial charge in [0.2, 0.25) is 0 Å². The van der Waals surface area contributed by atoms with Crippen LogP contribution in [-0.4, -0.2) is 50.0 Å².